The Labute approximate surface area is 157 Å². The van der Waals surface area contributed by atoms with E-state index < -0.39 is 0 Å². The minimum Gasteiger partial charge on any atom is -0.381 e. The molecular weight excluding hydrogens is 289 g/mol. The van der Waals surface area contributed by atoms with Gasteiger partial charge in [0, 0.05) is 12.2 Å². The van der Waals surface area contributed by atoms with Crippen LogP contribution in [0.2, 0.25) is 0 Å². The summed E-state index contributed by atoms with van der Waals surface area (Å²) < 4.78 is 0. The van der Waals surface area contributed by atoms with Gasteiger partial charge in [-0.2, -0.15) is 0 Å². The normalized spacial score (nSPS) is 12.9. The number of fused-ring (bicyclic) bond motifs is 4. The van der Waals surface area contributed by atoms with Crippen molar-refractivity contribution in [2.24, 2.45) is 0 Å². The fourth-order valence-corrected chi connectivity index (χ4v) is 3.41. The van der Waals surface area contributed by atoms with Crippen LogP contribution in [0.3, 0.4) is 0 Å². The van der Waals surface area contributed by atoms with E-state index in [1.165, 1.54) is 43.6 Å². The zero-order valence-corrected chi connectivity index (χ0v) is 15.1. The summed E-state index contributed by atoms with van der Waals surface area (Å²) in [6.07, 6.45) is 4.37. The van der Waals surface area contributed by atoms with Gasteiger partial charge in [0.2, 0.25) is 0 Å². The molecule has 0 radical (unpaired) electrons. The summed E-state index contributed by atoms with van der Waals surface area (Å²) in [5.41, 5.74) is 2.51. The molecule has 1 aliphatic heterocycles. The van der Waals surface area contributed by atoms with Crippen molar-refractivity contribution in [2.75, 3.05) is 11.9 Å². The first-order valence-corrected chi connectivity index (χ1v) is 7.68. The first-order chi connectivity index (χ1) is 10.9. The molecular formula is C21H15NNa+. The molecule has 0 saturated heterocycles. The van der Waals surface area contributed by atoms with Crippen LogP contribution in [-0.2, 0) is 0 Å². The summed E-state index contributed by atoms with van der Waals surface area (Å²) in [4.78, 5) is 0. The number of anilines is 1. The van der Waals surface area contributed by atoms with Crippen molar-refractivity contribution in [2.45, 2.75) is 0 Å². The fraction of sp³-hybridized carbons (Fsp3) is 0.0476. The van der Waals surface area contributed by atoms with E-state index in [-0.39, 0.29) is 29.6 Å². The molecule has 0 bridgehead atoms. The smallest absolute Gasteiger partial charge is 0.381 e. The van der Waals surface area contributed by atoms with Gasteiger partial charge in [0.1, 0.15) is 0 Å². The maximum Gasteiger partial charge on any atom is 1.00 e. The quantitative estimate of drug-likeness (QED) is 0.389. The zero-order valence-electron chi connectivity index (χ0n) is 13.1. The molecule has 0 fully saturated rings. The fourth-order valence-electron chi connectivity index (χ4n) is 3.41. The topological polar surface area (TPSA) is 12.0 Å². The predicted octanol–water partition coefficient (Wildman–Crippen LogP) is 2.59. The van der Waals surface area contributed by atoms with E-state index in [2.05, 4.69) is 78.1 Å². The van der Waals surface area contributed by atoms with Gasteiger partial charge in [-0.1, -0.05) is 36.4 Å². The molecule has 1 N–H and O–H groups in total. The van der Waals surface area contributed by atoms with Gasteiger partial charge in [-0.25, -0.2) is 0 Å². The molecule has 0 unspecified atom stereocenters. The average molecular weight is 304 g/mol. The predicted molar refractivity (Wildman–Crippen MR) is 96.5 cm³/mol. The van der Waals surface area contributed by atoms with Gasteiger partial charge in [-0.3, -0.25) is 0 Å². The Morgan fingerprint density at radius 2 is 1.22 bits per heavy atom. The third-order valence-corrected chi connectivity index (χ3v) is 4.54. The largest absolute Gasteiger partial charge is 1.00 e. The summed E-state index contributed by atoms with van der Waals surface area (Å²) in [6.45, 7) is 0.913. The monoisotopic (exact) mass is 304 g/mol. The van der Waals surface area contributed by atoms with Crippen molar-refractivity contribution in [3.63, 3.8) is 0 Å². The van der Waals surface area contributed by atoms with Crippen molar-refractivity contribution >= 4 is 44.1 Å². The number of nitrogens with one attached hydrogen (secondary N) is 1. The molecule has 4 aromatic rings. The SMILES string of the molecule is C1=Cc2cc3cc4cc5ccccc5cc4cc3cc2NC1.[Na+]. The summed E-state index contributed by atoms with van der Waals surface area (Å²) in [6, 6.07) is 22.3. The van der Waals surface area contributed by atoms with Crippen molar-refractivity contribution in [1.82, 2.24) is 0 Å². The molecule has 104 valence electrons. The second-order valence-electron chi connectivity index (χ2n) is 5.97. The van der Waals surface area contributed by atoms with Crippen molar-refractivity contribution in [3.05, 3.63) is 72.3 Å². The molecule has 1 aliphatic rings. The van der Waals surface area contributed by atoms with Crippen LogP contribution in [0.15, 0.2) is 66.7 Å². The molecule has 0 amide bonds. The molecule has 0 aliphatic carbocycles. The molecule has 5 rings (SSSR count). The summed E-state index contributed by atoms with van der Waals surface area (Å²) in [7, 11) is 0. The average Bonchev–Trinajstić information content (AvgIpc) is 2.56. The molecule has 1 heterocycles. The van der Waals surface area contributed by atoms with Crippen LogP contribution in [0, 0.1) is 0 Å². The van der Waals surface area contributed by atoms with Gasteiger partial charge in [-0.15, -0.1) is 0 Å². The molecule has 23 heavy (non-hydrogen) atoms. The van der Waals surface area contributed by atoms with Crippen LogP contribution >= 0.6 is 0 Å². The summed E-state index contributed by atoms with van der Waals surface area (Å²) >= 11 is 0. The minimum atomic E-state index is 0. The molecule has 4 aromatic carbocycles. The van der Waals surface area contributed by atoms with E-state index >= 15 is 0 Å². The minimum absolute atomic E-state index is 0. The van der Waals surface area contributed by atoms with E-state index in [1.807, 2.05) is 0 Å². The molecule has 2 heteroatoms. The Morgan fingerprint density at radius 1 is 0.652 bits per heavy atom. The van der Waals surface area contributed by atoms with E-state index in [9.17, 15) is 0 Å². The third-order valence-electron chi connectivity index (χ3n) is 4.54. The summed E-state index contributed by atoms with van der Waals surface area (Å²) in [5, 5.41) is 11.2. The van der Waals surface area contributed by atoms with Gasteiger partial charge in [0.25, 0.3) is 0 Å². The van der Waals surface area contributed by atoms with Gasteiger partial charge in [0.15, 0.2) is 0 Å². The van der Waals surface area contributed by atoms with Gasteiger partial charge < -0.3 is 5.32 Å². The van der Waals surface area contributed by atoms with Crippen molar-refractivity contribution < 1.29 is 29.6 Å². The number of rotatable bonds is 0. The van der Waals surface area contributed by atoms with Crippen LogP contribution in [0.4, 0.5) is 5.69 Å². The molecule has 0 aromatic heterocycles. The Morgan fingerprint density at radius 3 is 1.91 bits per heavy atom. The van der Waals surface area contributed by atoms with Gasteiger partial charge in [-0.05, 0) is 74.3 Å². The first-order valence-electron chi connectivity index (χ1n) is 7.68. The van der Waals surface area contributed by atoms with Crippen molar-refractivity contribution in [3.8, 4) is 0 Å². The Hall–Kier alpha value is -1.80. The number of hydrogen-bond acceptors (Lipinski definition) is 1. The maximum atomic E-state index is 3.45. The first kappa shape index (κ1) is 14.8. The zero-order chi connectivity index (χ0) is 14.5. The maximum absolute atomic E-state index is 3.45. The Kier molecular flexibility index (Phi) is 3.65. The van der Waals surface area contributed by atoms with E-state index in [4.69, 9.17) is 0 Å². The summed E-state index contributed by atoms with van der Waals surface area (Å²) in [5.74, 6) is 0. The van der Waals surface area contributed by atoms with Gasteiger partial charge >= 0.3 is 29.6 Å². The Bertz CT molecular complexity index is 1080. The van der Waals surface area contributed by atoms with Crippen LogP contribution in [0.25, 0.3) is 38.4 Å². The van der Waals surface area contributed by atoms with Crippen molar-refractivity contribution in [1.29, 1.82) is 0 Å². The second kappa shape index (κ2) is 5.68. The van der Waals surface area contributed by atoms with E-state index in [0.29, 0.717) is 0 Å². The molecule has 0 saturated carbocycles. The second-order valence-corrected chi connectivity index (χ2v) is 5.97. The van der Waals surface area contributed by atoms with E-state index in [0.717, 1.165) is 6.54 Å². The standard InChI is InChI=1S/C21H15N.Na/c1-2-5-15-9-18-12-20-13-21-16(6-3-7-22-21)10-19(20)11-17(18)8-14(15)4-1;/h1-6,8-13,22H,7H2;/q;+1. The van der Waals surface area contributed by atoms with E-state index in [1.54, 1.807) is 0 Å². The van der Waals surface area contributed by atoms with Crippen LogP contribution in [-0.4, -0.2) is 6.54 Å². The molecule has 1 nitrogen and oxygen atoms in total. The Balaban J connectivity index is 0.00000135. The third kappa shape index (κ3) is 2.46. The van der Waals surface area contributed by atoms with Crippen LogP contribution in [0.5, 0.6) is 0 Å². The molecule has 0 atom stereocenters. The van der Waals surface area contributed by atoms with Gasteiger partial charge in [0.05, 0.1) is 0 Å². The molecule has 0 spiro atoms. The van der Waals surface area contributed by atoms with Crippen LogP contribution < -0.4 is 34.9 Å². The van der Waals surface area contributed by atoms with Crippen LogP contribution in [0.1, 0.15) is 5.56 Å². The number of hydrogen-bond donors (Lipinski definition) is 1. The number of benzene rings is 4.